The topological polar surface area (TPSA) is 67.6 Å². The summed E-state index contributed by atoms with van der Waals surface area (Å²) in [4.78, 5) is 0. The van der Waals surface area contributed by atoms with Crippen LogP contribution in [0.1, 0.15) is 36.6 Å². The SMILES string of the molecule is CC(C)c1nn(Cc2cccc3ccccc23)c(N)c1C#N. The summed E-state index contributed by atoms with van der Waals surface area (Å²) in [5.74, 6) is 0.616. The summed E-state index contributed by atoms with van der Waals surface area (Å²) in [5, 5.41) is 16.2. The van der Waals surface area contributed by atoms with Crippen LogP contribution in [0.25, 0.3) is 10.8 Å². The molecule has 0 amide bonds. The zero-order valence-electron chi connectivity index (χ0n) is 12.7. The molecule has 4 nitrogen and oxygen atoms in total. The van der Waals surface area contributed by atoms with Gasteiger partial charge in [0.05, 0.1) is 12.2 Å². The first-order valence-electron chi connectivity index (χ1n) is 7.34. The van der Waals surface area contributed by atoms with Crippen molar-refractivity contribution in [3.05, 3.63) is 59.3 Å². The molecule has 0 saturated heterocycles. The fourth-order valence-electron chi connectivity index (χ4n) is 2.73. The predicted molar refractivity (Wildman–Crippen MR) is 88.5 cm³/mol. The van der Waals surface area contributed by atoms with Crippen LogP contribution in [-0.4, -0.2) is 9.78 Å². The number of hydrogen-bond acceptors (Lipinski definition) is 3. The number of hydrogen-bond donors (Lipinski definition) is 1. The van der Waals surface area contributed by atoms with Gasteiger partial charge in [0, 0.05) is 0 Å². The highest BCUT2D eigenvalue weighted by Gasteiger charge is 2.18. The van der Waals surface area contributed by atoms with Crippen LogP contribution < -0.4 is 5.73 Å². The molecular formula is C18H18N4. The quantitative estimate of drug-likeness (QED) is 0.800. The van der Waals surface area contributed by atoms with Crippen molar-refractivity contribution in [2.24, 2.45) is 0 Å². The molecule has 1 aromatic heterocycles. The molecule has 0 atom stereocenters. The van der Waals surface area contributed by atoms with Gasteiger partial charge < -0.3 is 5.73 Å². The van der Waals surface area contributed by atoms with E-state index in [1.165, 1.54) is 10.8 Å². The van der Waals surface area contributed by atoms with Crippen molar-refractivity contribution in [2.45, 2.75) is 26.3 Å². The molecule has 22 heavy (non-hydrogen) atoms. The Morgan fingerprint density at radius 1 is 1.18 bits per heavy atom. The second-order valence-corrected chi connectivity index (χ2v) is 5.71. The lowest BCUT2D eigenvalue weighted by molar-refractivity contribution is 0.667. The Morgan fingerprint density at radius 2 is 1.91 bits per heavy atom. The van der Waals surface area contributed by atoms with Crippen LogP contribution >= 0.6 is 0 Å². The molecule has 0 aliphatic carbocycles. The van der Waals surface area contributed by atoms with Crippen molar-refractivity contribution in [3.8, 4) is 6.07 Å². The normalized spacial score (nSPS) is 11.0. The average Bonchev–Trinajstić information content (AvgIpc) is 2.84. The Morgan fingerprint density at radius 3 is 2.59 bits per heavy atom. The largest absolute Gasteiger partial charge is 0.383 e. The maximum atomic E-state index is 9.32. The van der Waals surface area contributed by atoms with Gasteiger partial charge in [-0.25, -0.2) is 4.68 Å². The van der Waals surface area contributed by atoms with E-state index in [0.717, 1.165) is 11.3 Å². The van der Waals surface area contributed by atoms with E-state index in [1.807, 2.05) is 32.0 Å². The third kappa shape index (κ3) is 2.31. The molecule has 2 N–H and O–H groups in total. The first kappa shape index (κ1) is 14.2. The van der Waals surface area contributed by atoms with E-state index in [-0.39, 0.29) is 5.92 Å². The lowest BCUT2D eigenvalue weighted by Crippen LogP contribution is -2.07. The third-order valence-corrected chi connectivity index (χ3v) is 3.88. The summed E-state index contributed by atoms with van der Waals surface area (Å²) in [7, 11) is 0. The maximum absolute atomic E-state index is 9.32. The summed E-state index contributed by atoms with van der Waals surface area (Å²) in [6.07, 6.45) is 0. The van der Waals surface area contributed by atoms with E-state index >= 15 is 0 Å². The van der Waals surface area contributed by atoms with Crippen molar-refractivity contribution in [2.75, 3.05) is 5.73 Å². The van der Waals surface area contributed by atoms with Crippen LogP contribution in [-0.2, 0) is 6.54 Å². The highest BCUT2D eigenvalue weighted by molar-refractivity contribution is 5.85. The van der Waals surface area contributed by atoms with E-state index in [0.29, 0.717) is 17.9 Å². The van der Waals surface area contributed by atoms with E-state index < -0.39 is 0 Å². The zero-order chi connectivity index (χ0) is 15.7. The molecule has 1 heterocycles. The molecule has 110 valence electrons. The third-order valence-electron chi connectivity index (χ3n) is 3.88. The molecular weight excluding hydrogens is 272 g/mol. The van der Waals surface area contributed by atoms with Gasteiger partial charge in [-0.15, -0.1) is 0 Å². The Hall–Kier alpha value is -2.80. The number of aromatic nitrogens is 2. The number of anilines is 1. The molecule has 0 unspecified atom stereocenters. The molecule has 0 fully saturated rings. The van der Waals surface area contributed by atoms with Gasteiger partial charge in [-0.05, 0) is 22.3 Å². The highest BCUT2D eigenvalue weighted by Crippen LogP contribution is 2.25. The molecule has 0 radical (unpaired) electrons. The number of benzene rings is 2. The minimum atomic E-state index is 0.172. The Labute approximate surface area is 129 Å². The number of nitrogens with zero attached hydrogens (tertiary/aromatic N) is 3. The number of nitrogens with two attached hydrogens (primary N) is 1. The van der Waals surface area contributed by atoms with E-state index in [1.54, 1.807) is 4.68 Å². The van der Waals surface area contributed by atoms with Gasteiger partial charge in [0.2, 0.25) is 0 Å². The van der Waals surface area contributed by atoms with Crippen LogP contribution in [0, 0.1) is 11.3 Å². The van der Waals surface area contributed by atoms with Crippen LogP contribution in [0.4, 0.5) is 5.82 Å². The van der Waals surface area contributed by atoms with Crippen molar-refractivity contribution in [1.29, 1.82) is 5.26 Å². The smallest absolute Gasteiger partial charge is 0.140 e. The van der Waals surface area contributed by atoms with Gasteiger partial charge in [0.25, 0.3) is 0 Å². The van der Waals surface area contributed by atoms with E-state index in [2.05, 4.69) is 35.4 Å². The Bertz CT molecular complexity index is 863. The summed E-state index contributed by atoms with van der Waals surface area (Å²) in [5.41, 5.74) is 8.53. The highest BCUT2D eigenvalue weighted by atomic mass is 15.3. The van der Waals surface area contributed by atoms with Crippen molar-refractivity contribution in [3.63, 3.8) is 0 Å². The molecule has 0 aliphatic heterocycles. The van der Waals surface area contributed by atoms with Crippen molar-refractivity contribution < 1.29 is 0 Å². The van der Waals surface area contributed by atoms with E-state index in [4.69, 9.17) is 5.73 Å². The summed E-state index contributed by atoms with van der Waals surface area (Å²) < 4.78 is 1.73. The molecule has 2 aromatic carbocycles. The Balaban J connectivity index is 2.08. The minimum absolute atomic E-state index is 0.172. The standard InChI is InChI=1S/C18H18N4/c1-12(2)17-16(10-19)18(20)22(21-17)11-14-8-5-7-13-6-3-4-9-15(13)14/h3-9,12H,11,20H2,1-2H3. The van der Waals surface area contributed by atoms with Crippen molar-refractivity contribution in [1.82, 2.24) is 9.78 Å². The lowest BCUT2D eigenvalue weighted by atomic mass is 10.0. The number of nitriles is 1. The van der Waals surface area contributed by atoms with Gasteiger partial charge >= 0.3 is 0 Å². The van der Waals surface area contributed by atoms with Crippen molar-refractivity contribution >= 4 is 16.6 Å². The van der Waals surface area contributed by atoms with E-state index in [9.17, 15) is 5.26 Å². The average molecular weight is 290 g/mol. The van der Waals surface area contributed by atoms with Crippen LogP contribution in [0.15, 0.2) is 42.5 Å². The van der Waals surface area contributed by atoms with Gasteiger partial charge in [-0.1, -0.05) is 56.3 Å². The first-order chi connectivity index (χ1) is 10.6. The molecule has 3 rings (SSSR count). The molecule has 4 heteroatoms. The fraction of sp³-hybridized carbons (Fsp3) is 0.222. The molecule has 0 spiro atoms. The van der Waals surface area contributed by atoms with Crippen LogP contribution in [0.2, 0.25) is 0 Å². The number of nitrogen functional groups attached to an aromatic ring is 1. The monoisotopic (exact) mass is 290 g/mol. The summed E-state index contributed by atoms with van der Waals surface area (Å²) >= 11 is 0. The summed E-state index contributed by atoms with van der Waals surface area (Å²) in [6.45, 7) is 4.60. The number of fused-ring (bicyclic) bond motifs is 1. The molecule has 0 aliphatic rings. The Kier molecular flexibility index (Phi) is 3.56. The summed E-state index contributed by atoms with van der Waals surface area (Å²) in [6, 6.07) is 16.6. The molecule has 3 aromatic rings. The van der Waals surface area contributed by atoms with Gasteiger partial charge in [0.15, 0.2) is 0 Å². The predicted octanol–water partition coefficient (Wildman–Crippen LogP) is 3.66. The van der Waals surface area contributed by atoms with Gasteiger partial charge in [-0.3, -0.25) is 0 Å². The maximum Gasteiger partial charge on any atom is 0.140 e. The van der Waals surface area contributed by atoms with Crippen LogP contribution in [0.3, 0.4) is 0 Å². The minimum Gasteiger partial charge on any atom is -0.383 e. The lowest BCUT2D eigenvalue weighted by Gasteiger charge is -2.08. The van der Waals surface area contributed by atoms with Gasteiger partial charge in [-0.2, -0.15) is 10.4 Å². The second kappa shape index (κ2) is 5.53. The first-order valence-corrected chi connectivity index (χ1v) is 7.34. The molecule has 0 bridgehead atoms. The van der Waals surface area contributed by atoms with Gasteiger partial charge in [0.1, 0.15) is 17.5 Å². The second-order valence-electron chi connectivity index (χ2n) is 5.71. The van der Waals surface area contributed by atoms with Crippen LogP contribution in [0.5, 0.6) is 0 Å². The zero-order valence-corrected chi connectivity index (χ0v) is 12.7. The molecule has 0 saturated carbocycles. The number of rotatable bonds is 3. The fourth-order valence-corrected chi connectivity index (χ4v) is 2.73.